The van der Waals surface area contributed by atoms with E-state index in [0.717, 1.165) is 11.2 Å². The molecule has 0 aliphatic heterocycles. The number of rotatable bonds is 2. The van der Waals surface area contributed by atoms with Gasteiger partial charge in [-0.3, -0.25) is 4.79 Å². The van der Waals surface area contributed by atoms with Crippen molar-refractivity contribution in [1.29, 1.82) is 0 Å². The molecule has 0 amide bonds. The fourth-order valence-electron chi connectivity index (χ4n) is 1.01. The van der Waals surface area contributed by atoms with Crippen LogP contribution in [0, 0.1) is 0 Å². The first-order chi connectivity index (χ1) is 7.83. The Labute approximate surface area is 99.2 Å². The molecule has 0 unspecified atom stereocenters. The molecule has 0 aliphatic rings. The molecule has 0 aromatic carbocycles. The van der Waals surface area contributed by atoms with Crippen LogP contribution in [0.4, 0.5) is 0 Å². The van der Waals surface area contributed by atoms with E-state index in [1.807, 2.05) is 5.38 Å². The van der Waals surface area contributed by atoms with Gasteiger partial charge in [-0.1, -0.05) is 20.3 Å². The Morgan fingerprint density at radius 1 is 1.31 bits per heavy atom. The minimum Gasteiger partial charge on any atom is -0.298 e. The fourth-order valence-corrected chi connectivity index (χ4v) is 1.82. The lowest BCUT2D eigenvalue weighted by Crippen LogP contribution is -1.86. The van der Waals surface area contributed by atoms with E-state index < -0.39 is 0 Å². The van der Waals surface area contributed by atoms with E-state index >= 15 is 0 Å². The molecular weight excluding hydrogens is 220 g/mol. The third kappa shape index (κ3) is 3.24. The van der Waals surface area contributed by atoms with Gasteiger partial charge in [-0.2, -0.15) is 0 Å². The van der Waals surface area contributed by atoms with Gasteiger partial charge < -0.3 is 0 Å². The Hall–Kier alpha value is -1.55. The van der Waals surface area contributed by atoms with Crippen LogP contribution in [0.5, 0.6) is 0 Å². The molecule has 2 aromatic heterocycles. The molecule has 16 heavy (non-hydrogen) atoms. The van der Waals surface area contributed by atoms with Gasteiger partial charge in [0.15, 0.2) is 12.1 Å². The first-order valence-electron chi connectivity index (χ1n) is 5.13. The van der Waals surface area contributed by atoms with Crippen LogP contribution in [-0.2, 0) is 0 Å². The summed E-state index contributed by atoms with van der Waals surface area (Å²) < 4.78 is 0. The van der Waals surface area contributed by atoms with E-state index in [9.17, 15) is 4.79 Å². The summed E-state index contributed by atoms with van der Waals surface area (Å²) in [5.41, 5.74) is 0.649. The lowest BCUT2D eigenvalue weighted by atomic mass is 10.3. The molecule has 4 heteroatoms. The van der Waals surface area contributed by atoms with E-state index in [0.29, 0.717) is 11.4 Å². The second kappa shape index (κ2) is 6.85. The highest BCUT2D eigenvalue weighted by Gasteiger charge is 2.07. The molecular formula is C12H14N2OS. The van der Waals surface area contributed by atoms with Gasteiger partial charge in [0.2, 0.25) is 0 Å². The molecule has 0 atom stereocenters. The number of carbonyl (C=O) groups is 1. The normalized spacial score (nSPS) is 9.12. The predicted octanol–water partition coefficient (Wildman–Crippen LogP) is 3.43. The summed E-state index contributed by atoms with van der Waals surface area (Å²) in [5, 5.41) is 1.86. The maximum atomic E-state index is 10.6. The zero-order valence-electron chi connectivity index (χ0n) is 9.38. The number of nitrogens with zero attached hydrogens (tertiary/aromatic N) is 2. The third-order valence-electron chi connectivity index (χ3n) is 1.59. The summed E-state index contributed by atoms with van der Waals surface area (Å²) >= 11 is 1.47. The van der Waals surface area contributed by atoms with Crippen molar-refractivity contribution in [1.82, 2.24) is 9.97 Å². The minimum absolute atomic E-state index is 0.611. The zero-order valence-corrected chi connectivity index (χ0v) is 10.2. The number of aromatic nitrogens is 2. The van der Waals surface area contributed by atoms with Crippen LogP contribution in [0.1, 0.15) is 30.6 Å². The van der Waals surface area contributed by atoms with Gasteiger partial charge in [0, 0.05) is 18.0 Å². The second-order valence-electron chi connectivity index (χ2n) is 3.10. The summed E-state index contributed by atoms with van der Waals surface area (Å²) in [4.78, 5) is 19.6. The molecule has 0 saturated carbocycles. The Bertz CT molecular complexity index is 426. The maximum Gasteiger partial charge on any atom is 0.170 e. The molecule has 2 aromatic rings. The monoisotopic (exact) mass is 234 g/mol. The molecule has 0 bridgehead atoms. The highest BCUT2D eigenvalue weighted by molar-refractivity contribution is 7.13. The summed E-state index contributed by atoms with van der Waals surface area (Å²) in [6.45, 7) is 4.25. The number of carbonyl (C=O) groups excluding carboxylic acids is 1. The van der Waals surface area contributed by atoms with Crippen LogP contribution in [0.15, 0.2) is 29.9 Å². The van der Waals surface area contributed by atoms with Gasteiger partial charge in [-0.05, 0) is 17.5 Å². The number of hydrogen-bond donors (Lipinski definition) is 0. The molecule has 0 aliphatic carbocycles. The van der Waals surface area contributed by atoms with Crippen LogP contribution in [-0.4, -0.2) is 16.3 Å². The maximum absolute atomic E-state index is 10.6. The van der Waals surface area contributed by atoms with Gasteiger partial charge in [0.05, 0.1) is 4.88 Å². The highest BCUT2D eigenvalue weighted by Crippen LogP contribution is 2.24. The highest BCUT2D eigenvalue weighted by atomic mass is 32.1. The number of aldehydes is 1. The smallest absolute Gasteiger partial charge is 0.170 e. The largest absolute Gasteiger partial charge is 0.298 e. The van der Waals surface area contributed by atoms with E-state index in [4.69, 9.17) is 0 Å². The first-order valence-corrected chi connectivity index (χ1v) is 6.01. The average Bonchev–Trinajstić information content (AvgIpc) is 2.79. The molecule has 2 heterocycles. The third-order valence-corrected chi connectivity index (χ3v) is 2.52. The van der Waals surface area contributed by atoms with Gasteiger partial charge in [0.25, 0.3) is 0 Å². The summed E-state index contributed by atoms with van der Waals surface area (Å²) in [5.74, 6) is 0.611. The van der Waals surface area contributed by atoms with Gasteiger partial charge in [0.1, 0.15) is 0 Å². The van der Waals surface area contributed by atoms with Gasteiger partial charge in [-0.25, -0.2) is 9.97 Å². The Balaban J connectivity index is 0.000000386. The first kappa shape index (κ1) is 12.5. The van der Waals surface area contributed by atoms with Gasteiger partial charge >= 0.3 is 0 Å². The van der Waals surface area contributed by atoms with E-state index in [-0.39, 0.29) is 0 Å². The van der Waals surface area contributed by atoms with Crippen molar-refractivity contribution in [2.75, 3.05) is 0 Å². The molecule has 0 fully saturated rings. The minimum atomic E-state index is 0.611. The lowest BCUT2D eigenvalue weighted by molar-refractivity contribution is 0.112. The van der Waals surface area contributed by atoms with Crippen molar-refractivity contribution in [3.05, 3.63) is 35.5 Å². The Morgan fingerprint density at radius 2 is 1.94 bits per heavy atom. The zero-order chi connectivity index (χ0) is 11.8. The Kier molecular flexibility index (Phi) is 5.36. The number of hydrogen-bond acceptors (Lipinski definition) is 4. The molecule has 3 nitrogen and oxygen atoms in total. The van der Waals surface area contributed by atoms with Crippen molar-refractivity contribution < 1.29 is 4.79 Å². The van der Waals surface area contributed by atoms with E-state index in [1.165, 1.54) is 17.8 Å². The van der Waals surface area contributed by atoms with Crippen LogP contribution in [0.3, 0.4) is 0 Å². The second-order valence-corrected chi connectivity index (χ2v) is 4.02. The SMILES string of the molecule is CCC.O=Cc1ccsc1-c1ncccn1. The molecule has 0 N–H and O–H groups in total. The molecule has 0 radical (unpaired) electrons. The van der Waals surface area contributed by atoms with Crippen LogP contribution >= 0.6 is 11.3 Å². The summed E-state index contributed by atoms with van der Waals surface area (Å²) in [6, 6.07) is 3.51. The topological polar surface area (TPSA) is 42.9 Å². The predicted molar refractivity (Wildman–Crippen MR) is 66.7 cm³/mol. The van der Waals surface area contributed by atoms with Crippen LogP contribution in [0.25, 0.3) is 10.7 Å². The lowest BCUT2D eigenvalue weighted by Gasteiger charge is -1.94. The van der Waals surface area contributed by atoms with Crippen molar-refractivity contribution >= 4 is 17.6 Å². The Morgan fingerprint density at radius 3 is 2.50 bits per heavy atom. The van der Waals surface area contributed by atoms with E-state index in [1.54, 1.807) is 24.5 Å². The van der Waals surface area contributed by atoms with Crippen molar-refractivity contribution in [2.24, 2.45) is 0 Å². The summed E-state index contributed by atoms with van der Waals surface area (Å²) in [7, 11) is 0. The van der Waals surface area contributed by atoms with Crippen LogP contribution in [0.2, 0.25) is 0 Å². The van der Waals surface area contributed by atoms with Crippen LogP contribution < -0.4 is 0 Å². The average molecular weight is 234 g/mol. The quantitative estimate of drug-likeness (QED) is 0.748. The van der Waals surface area contributed by atoms with Crippen molar-refractivity contribution in [2.45, 2.75) is 20.3 Å². The molecule has 84 valence electrons. The van der Waals surface area contributed by atoms with Crippen molar-refractivity contribution in [3.63, 3.8) is 0 Å². The molecule has 2 rings (SSSR count). The van der Waals surface area contributed by atoms with Gasteiger partial charge in [-0.15, -0.1) is 11.3 Å². The molecule has 0 saturated heterocycles. The molecule has 0 spiro atoms. The van der Waals surface area contributed by atoms with Crippen molar-refractivity contribution in [3.8, 4) is 10.7 Å². The summed E-state index contributed by atoms with van der Waals surface area (Å²) in [6.07, 6.45) is 5.40. The standard InChI is InChI=1S/C9H6N2OS.C3H8/c12-6-7-2-5-13-8(7)9-10-3-1-4-11-9;1-3-2/h1-6H;3H2,1-2H3. The fraction of sp³-hybridized carbons (Fsp3) is 0.250. The van der Waals surface area contributed by atoms with E-state index in [2.05, 4.69) is 23.8 Å². The number of thiophene rings is 1.